The molecule has 0 aliphatic carbocycles. The van der Waals surface area contributed by atoms with E-state index in [9.17, 15) is 9.59 Å². The molecule has 1 rings (SSSR count). The van der Waals surface area contributed by atoms with Crippen molar-refractivity contribution in [2.75, 3.05) is 0 Å². The molecule has 1 aromatic carbocycles. The van der Waals surface area contributed by atoms with Gasteiger partial charge in [0.1, 0.15) is 5.78 Å². The molecule has 2 heteroatoms. The van der Waals surface area contributed by atoms with Crippen molar-refractivity contribution in [3.63, 3.8) is 0 Å². The summed E-state index contributed by atoms with van der Waals surface area (Å²) in [6.07, 6.45) is 4.61. The van der Waals surface area contributed by atoms with Crippen LogP contribution in [0.1, 0.15) is 61.9 Å². The van der Waals surface area contributed by atoms with E-state index in [1.165, 1.54) is 5.56 Å². The average molecular weight is 246 g/mol. The number of benzene rings is 1. The third-order valence-electron chi connectivity index (χ3n) is 3.10. The molecule has 0 N–H and O–H groups in total. The topological polar surface area (TPSA) is 34.1 Å². The number of aryl methyl sites for hydroxylation is 1. The first-order chi connectivity index (χ1) is 8.67. The molecule has 0 aliphatic heterocycles. The second-order valence-electron chi connectivity index (χ2n) is 4.65. The predicted molar refractivity (Wildman–Crippen MR) is 73.9 cm³/mol. The smallest absolute Gasteiger partial charge is 0.170 e. The van der Waals surface area contributed by atoms with E-state index in [1.54, 1.807) is 0 Å². The molecular weight excluding hydrogens is 224 g/mol. The Bertz CT molecular complexity index is 390. The van der Waals surface area contributed by atoms with Gasteiger partial charge >= 0.3 is 0 Å². The van der Waals surface area contributed by atoms with Crippen LogP contribution in [0, 0.1) is 0 Å². The average Bonchev–Trinajstić information content (AvgIpc) is 2.39. The SMILES string of the molecule is CCCCCC(=O)CC(=O)c1ccc(CC)cc1. The van der Waals surface area contributed by atoms with Crippen LogP contribution in [0.5, 0.6) is 0 Å². The van der Waals surface area contributed by atoms with Crippen LogP contribution < -0.4 is 0 Å². The molecular formula is C16H22O2. The zero-order valence-corrected chi connectivity index (χ0v) is 11.4. The van der Waals surface area contributed by atoms with E-state index in [-0.39, 0.29) is 18.0 Å². The second-order valence-corrected chi connectivity index (χ2v) is 4.65. The van der Waals surface area contributed by atoms with Gasteiger partial charge < -0.3 is 0 Å². The van der Waals surface area contributed by atoms with Crippen molar-refractivity contribution in [1.29, 1.82) is 0 Å². The monoisotopic (exact) mass is 246 g/mol. The number of carbonyl (C=O) groups is 2. The number of hydrogen-bond donors (Lipinski definition) is 0. The molecule has 0 saturated heterocycles. The lowest BCUT2D eigenvalue weighted by Gasteiger charge is -2.02. The molecule has 18 heavy (non-hydrogen) atoms. The van der Waals surface area contributed by atoms with Gasteiger partial charge in [0.15, 0.2) is 5.78 Å². The quantitative estimate of drug-likeness (QED) is 0.395. The van der Waals surface area contributed by atoms with Crippen LogP contribution in [0.25, 0.3) is 0 Å². The summed E-state index contributed by atoms with van der Waals surface area (Å²) in [5, 5.41) is 0. The second kappa shape index (κ2) is 7.80. The summed E-state index contributed by atoms with van der Waals surface area (Å²) in [6, 6.07) is 7.55. The Kier molecular flexibility index (Phi) is 6.34. The van der Waals surface area contributed by atoms with Gasteiger partial charge in [0.05, 0.1) is 6.42 Å². The lowest BCUT2D eigenvalue weighted by atomic mass is 10.0. The van der Waals surface area contributed by atoms with Gasteiger partial charge in [-0.25, -0.2) is 0 Å². The molecule has 0 atom stereocenters. The Balaban J connectivity index is 2.46. The minimum absolute atomic E-state index is 0.0508. The first-order valence-corrected chi connectivity index (χ1v) is 6.81. The van der Waals surface area contributed by atoms with Gasteiger partial charge in [-0.1, -0.05) is 51.0 Å². The maximum atomic E-state index is 11.9. The molecule has 0 spiro atoms. The molecule has 0 radical (unpaired) electrons. The highest BCUT2D eigenvalue weighted by Gasteiger charge is 2.11. The Morgan fingerprint density at radius 2 is 1.67 bits per heavy atom. The molecule has 0 unspecified atom stereocenters. The van der Waals surface area contributed by atoms with E-state index in [1.807, 2.05) is 24.3 Å². The number of ketones is 2. The van der Waals surface area contributed by atoms with Crippen LogP contribution in [0.3, 0.4) is 0 Å². The molecule has 2 nitrogen and oxygen atoms in total. The van der Waals surface area contributed by atoms with Gasteiger partial charge in [0.2, 0.25) is 0 Å². The number of carbonyl (C=O) groups excluding carboxylic acids is 2. The Hall–Kier alpha value is -1.44. The fourth-order valence-corrected chi connectivity index (χ4v) is 1.87. The lowest BCUT2D eigenvalue weighted by Crippen LogP contribution is -2.08. The van der Waals surface area contributed by atoms with Gasteiger partial charge in [-0.05, 0) is 18.4 Å². The molecule has 98 valence electrons. The zero-order chi connectivity index (χ0) is 13.4. The van der Waals surface area contributed by atoms with E-state index < -0.39 is 0 Å². The van der Waals surface area contributed by atoms with Crippen LogP contribution in [-0.2, 0) is 11.2 Å². The summed E-state index contributed by atoms with van der Waals surface area (Å²) in [6.45, 7) is 4.18. The number of rotatable bonds is 8. The number of Topliss-reactive ketones (excluding diaryl/α,β-unsaturated/α-hetero) is 2. The summed E-state index contributed by atoms with van der Waals surface area (Å²) >= 11 is 0. The third-order valence-corrected chi connectivity index (χ3v) is 3.10. The Morgan fingerprint density at radius 1 is 1.00 bits per heavy atom. The number of hydrogen-bond acceptors (Lipinski definition) is 2. The van der Waals surface area contributed by atoms with Crippen molar-refractivity contribution >= 4 is 11.6 Å². The van der Waals surface area contributed by atoms with Gasteiger partial charge in [0.25, 0.3) is 0 Å². The van der Waals surface area contributed by atoms with E-state index in [0.29, 0.717) is 12.0 Å². The third kappa shape index (κ3) is 4.82. The number of unbranched alkanes of at least 4 members (excludes halogenated alkanes) is 2. The largest absolute Gasteiger partial charge is 0.299 e. The van der Waals surface area contributed by atoms with Crippen LogP contribution >= 0.6 is 0 Å². The van der Waals surface area contributed by atoms with Gasteiger partial charge in [-0.15, -0.1) is 0 Å². The molecule has 0 amide bonds. The van der Waals surface area contributed by atoms with Crippen molar-refractivity contribution in [3.05, 3.63) is 35.4 Å². The minimum Gasteiger partial charge on any atom is -0.299 e. The summed E-state index contributed by atoms with van der Waals surface area (Å²) in [5.74, 6) is 0.00664. The maximum Gasteiger partial charge on any atom is 0.170 e. The van der Waals surface area contributed by atoms with Gasteiger partial charge in [0, 0.05) is 12.0 Å². The summed E-state index contributed by atoms with van der Waals surface area (Å²) in [4.78, 5) is 23.5. The molecule has 0 fully saturated rings. The normalized spacial score (nSPS) is 10.3. The van der Waals surface area contributed by atoms with Crippen molar-refractivity contribution in [3.8, 4) is 0 Å². The molecule has 0 heterocycles. The molecule has 0 aromatic heterocycles. The molecule has 1 aromatic rings. The van der Waals surface area contributed by atoms with Crippen molar-refractivity contribution in [2.24, 2.45) is 0 Å². The Morgan fingerprint density at radius 3 is 2.22 bits per heavy atom. The van der Waals surface area contributed by atoms with Crippen LogP contribution in [0.4, 0.5) is 0 Å². The van der Waals surface area contributed by atoms with Crippen LogP contribution in [-0.4, -0.2) is 11.6 Å². The van der Waals surface area contributed by atoms with E-state index in [4.69, 9.17) is 0 Å². The highest BCUT2D eigenvalue weighted by atomic mass is 16.1. The molecule has 0 bridgehead atoms. The van der Waals surface area contributed by atoms with E-state index >= 15 is 0 Å². The first kappa shape index (κ1) is 14.6. The van der Waals surface area contributed by atoms with E-state index in [0.717, 1.165) is 25.7 Å². The summed E-state index contributed by atoms with van der Waals surface area (Å²) in [7, 11) is 0. The standard InChI is InChI=1S/C16H22O2/c1-3-5-6-7-15(17)12-16(18)14-10-8-13(4-2)9-11-14/h8-11H,3-7,12H2,1-2H3. The summed E-state index contributed by atoms with van der Waals surface area (Å²) < 4.78 is 0. The highest BCUT2D eigenvalue weighted by Crippen LogP contribution is 2.09. The highest BCUT2D eigenvalue weighted by molar-refractivity contribution is 6.07. The van der Waals surface area contributed by atoms with Crippen LogP contribution in [0.2, 0.25) is 0 Å². The fourth-order valence-electron chi connectivity index (χ4n) is 1.87. The van der Waals surface area contributed by atoms with Gasteiger partial charge in [-0.2, -0.15) is 0 Å². The lowest BCUT2D eigenvalue weighted by molar-refractivity contribution is -0.118. The maximum absolute atomic E-state index is 11.9. The predicted octanol–water partition coefficient (Wildman–Crippen LogP) is 3.97. The van der Waals surface area contributed by atoms with Gasteiger partial charge in [-0.3, -0.25) is 9.59 Å². The van der Waals surface area contributed by atoms with Crippen molar-refractivity contribution in [2.45, 2.75) is 52.4 Å². The Labute approximate surface area is 109 Å². The van der Waals surface area contributed by atoms with E-state index in [2.05, 4.69) is 13.8 Å². The molecule has 0 aliphatic rings. The van der Waals surface area contributed by atoms with Crippen LogP contribution in [0.15, 0.2) is 24.3 Å². The van der Waals surface area contributed by atoms with Crippen molar-refractivity contribution in [1.82, 2.24) is 0 Å². The molecule has 0 saturated carbocycles. The fraction of sp³-hybridized carbons (Fsp3) is 0.500. The zero-order valence-electron chi connectivity index (χ0n) is 11.4. The van der Waals surface area contributed by atoms with Crippen molar-refractivity contribution < 1.29 is 9.59 Å². The first-order valence-electron chi connectivity index (χ1n) is 6.81. The minimum atomic E-state index is -0.0563. The summed E-state index contributed by atoms with van der Waals surface area (Å²) in [5.41, 5.74) is 1.86.